The molecule has 0 spiro atoms. The third-order valence-electron chi connectivity index (χ3n) is 8.17. The van der Waals surface area contributed by atoms with Crippen molar-refractivity contribution >= 4 is 5.78 Å². The zero-order chi connectivity index (χ0) is 19.8. The highest BCUT2D eigenvalue weighted by atomic mass is 19.1. The Morgan fingerprint density at radius 2 is 2.04 bits per heavy atom. The van der Waals surface area contributed by atoms with Crippen molar-refractivity contribution in [2.24, 2.45) is 28.6 Å². The molecular weight excluding hydrogens is 347 g/mol. The van der Waals surface area contributed by atoms with Gasteiger partial charge in [0.25, 0.3) is 5.95 Å². The van der Waals surface area contributed by atoms with E-state index in [9.17, 15) is 15.0 Å². The molecule has 4 aliphatic rings. The molecule has 0 aromatic rings. The lowest BCUT2D eigenvalue weighted by molar-refractivity contribution is -0.184. The Labute approximate surface area is 159 Å². The van der Waals surface area contributed by atoms with Crippen molar-refractivity contribution in [3.05, 3.63) is 35.3 Å². The Balaban J connectivity index is 1.84. The number of hydrogen-bond donors (Lipinski definition) is 2. The molecule has 4 rings (SSSR count). The van der Waals surface area contributed by atoms with Gasteiger partial charge in [0.15, 0.2) is 11.5 Å². The van der Waals surface area contributed by atoms with E-state index in [1.165, 1.54) is 13.2 Å². The minimum absolute atomic E-state index is 0.0117. The second kappa shape index (κ2) is 5.69. The van der Waals surface area contributed by atoms with E-state index in [-0.39, 0.29) is 35.9 Å². The summed E-state index contributed by atoms with van der Waals surface area (Å²) in [6, 6.07) is 0. The number of methoxy groups -OCH3 is 1. The van der Waals surface area contributed by atoms with Crippen molar-refractivity contribution in [2.75, 3.05) is 7.11 Å². The Bertz CT molecular complexity index is 783. The molecule has 2 N–H and O–H groups in total. The summed E-state index contributed by atoms with van der Waals surface area (Å²) in [6.45, 7) is 5.89. The average molecular weight is 376 g/mol. The number of fused-ring (bicyclic) bond motifs is 5. The average Bonchev–Trinajstić information content (AvgIpc) is 2.86. The molecule has 0 saturated heterocycles. The Morgan fingerprint density at radius 1 is 1.33 bits per heavy atom. The molecule has 0 radical (unpaired) electrons. The number of hydrogen-bond acceptors (Lipinski definition) is 4. The molecule has 27 heavy (non-hydrogen) atoms. The lowest BCUT2D eigenvalue weighted by Crippen LogP contribution is -2.66. The van der Waals surface area contributed by atoms with Gasteiger partial charge in [-0.05, 0) is 56.6 Å². The second-order valence-corrected chi connectivity index (χ2v) is 9.32. The smallest absolute Gasteiger partial charge is 0.276 e. The van der Waals surface area contributed by atoms with Crippen LogP contribution in [-0.2, 0) is 9.53 Å². The van der Waals surface area contributed by atoms with Gasteiger partial charge in [-0.3, -0.25) is 4.79 Å². The van der Waals surface area contributed by atoms with Crippen molar-refractivity contribution in [3.8, 4) is 0 Å². The monoisotopic (exact) mass is 376 g/mol. The summed E-state index contributed by atoms with van der Waals surface area (Å²) in [6.07, 6.45) is 5.74. The van der Waals surface area contributed by atoms with Gasteiger partial charge in [0, 0.05) is 22.3 Å². The van der Waals surface area contributed by atoms with E-state index >= 15 is 4.39 Å². The topological polar surface area (TPSA) is 66.8 Å². The standard InChI is InChI=1S/C22H29FO4/c1-12-9-16-15-6-5-13-10-14(24)7-8-21(13,3)22(15,23)17(25)11-20(16,2)18(12)19(26)27-4/h7-8,10,12,15-17,25-26H,5-6,9,11H2,1-4H3/b19-18-/t12-,15+,16+,17+,20+,21+,22+/m1/s1. The minimum Gasteiger partial charge on any atom is -0.481 e. The maximum Gasteiger partial charge on any atom is 0.276 e. The summed E-state index contributed by atoms with van der Waals surface area (Å²) in [7, 11) is 1.44. The number of carbonyl (C=O) groups is 1. The molecule has 0 bridgehead atoms. The second-order valence-electron chi connectivity index (χ2n) is 9.32. The molecule has 7 atom stereocenters. The molecular formula is C22H29FO4. The van der Waals surface area contributed by atoms with E-state index in [1.807, 2.05) is 20.8 Å². The summed E-state index contributed by atoms with van der Waals surface area (Å²) in [5, 5.41) is 21.5. The van der Waals surface area contributed by atoms with E-state index in [1.54, 1.807) is 12.2 Å². The summed E-state index contributed by atoms with van der Waals surface area (Å²) in [5.41, 5.74) is -1.69. The third kappa shape index (κ3) is 2.15. The van der Waals surface area contributed by atoms with Crippen LogP contribution in [0, 0.1) is 28.6 Å². The Hall–Kier alpha value is -1.62. The predicted molar refractivity (Wildman–Crippen MR) is 99.6 cm³/mol. The van der Waals surface area contributed by atoms with Gasteiger partial charge >= 0.3 is 0 Å². The fourth-order valence-corrected chi connectivity index (χ4v) is 6.93. The van der Waals surface area contributed by atoms with E-state index < -0.39 is 22.6 Å². The van der Waals surface area contributed by atoms with Gasteiger partial charge in [0.1, 0.15) is 0 Å². The first kappa shape index (κ1) is 18.7. The van der Waals surface area contributed by atoms with E-state index in [2.05, 4.69) is 0 Å². The predicted octanol–water partition coefficient (Wildman–Crippen LogP) is 4.02. The minimum atomic E-state index is -1.82. The highest BCUT2D eigenvalue weighted by molar-refractivity contribution is 6.01. The SMILES string of the molecule is CO/C(O)=C1/[C@H](C)C[C@H]2[C@@H]3CCC4=CC(=O)C=C[C@]4(C)[C@@]3(F)[C@@H](O)C[C@]12C. The molecule has 3 saturated carbocycles. The number of halogens is 1. The lowest BCUT2D eigenvalue weighted by Gasteiger charge is -2.61. The van der Waals surface area contributed by atoms with Crippen LogP contribution in [0.3, 0.4) is 0 Å². The zero-order valence-electron chi connectivity index (χ0n) is 16.5. The fourth-order valence-electron chi connectivity index (χ4n) is 6.93. The number of ketones is 1. The maximum absolute atomic E-state index is 16.8. The summed E-state index contributed by atoms with van der Waals surface area (Å²) in [4.78, 5) is 11.8. The largest absolute Gasteiger partial charge is 0.481 e. The van der Waals surface area contributed by atoms with Crippen molar-refractivity contribution in [2.45, 2.75) is 58.2 Å². The molecule has 4 nitrogen and oxygen atoms in total. The molecule has 5 heteroatoms. The van der Waals surface area contributed by atoms with Gasteiger partial charge in [0.05, 0.1) is 13.2 Å². The first-order chi connectivity index (χ1) is 12.6. The first-order valence-corrected chi connectivity index (χ1v) is 9.88. The molecule has 0 heterocycles. The Kier molecular flexibility index (Phi) is 3.95. The molecule has 0 aromatic heterocycles. The molecule has 0 amide bonds. The normalized spacial score (nSPS) is 50.4. The van der Waals surface area contributed by atoms with Crippen LogP contribution in [0.5, 0.6) is 0 Å². The number of alkyl halides is 1. The van der Waals surface area contributed by atoms with Crippen LogP contribution < -0.4 is 0 Å². The van der Waals surface area contributed by atoms with Gasteiger partial charge in [-0.25, -0.2) is 4.39 Å². The van der Waals surface area contributed by atoms with Crippen molar-refractivity contribution in [3.63, 3.8) is 0 Å². The number of rotatable bonds is 1. The number of allylic oxidation sites excluding steroid dienone is 5. The molecule has 0 aliphatic heterocycles. The van der Waals surface area contributed by atoms with Gasteiger partial charge < -0.3 is 14.9 Å². The van der Waals surface area contributed by atoms with Crippen LogP contribution in [0.15, 0.2) is 35.3 Å². The third-order valence-corrected chi connectivity index (χ3v) is 8.17. The highest BCUT2D eigenvalue weighted by Gasteiger charge is 2.70. The van der Waals surface area contributed by atoms with Crippen LogP contribution in [0.25, 0.3) is 0 Å². The van der Waals surface area contributed by atoms with Gasteiger partial charge in [0.2, 0.25) is 0 Å². The molecule has 148 valence electrons. The summed E-state index contributed by atoms with van der Waals surface area (Å²) < 4.78 is 22.0. The molecule has 3 fully saturated rings. The Morgan fingerprint density at radius 3 is 2.70 bits per heavy atom. The molecule has 0 unspecified atom stereocenters. The van der Waals surface area contributed by atoms with Crippen molar-refractivity contribution in [1.82, 2.24) is 0 Å². The van der Waals surface area contributed by atoms with Gasteiger partial charge in [-0.2, -0.15) is 0 Å². The quantitative estimate of drug-likeness (QED) is 0.679. The van der Waals surface area contributed by atoms with Crippen molar-refractivity contribution in [1.29, 1.82) is 0 Å². The lowest BCUT2D eigenvalue weighted by atomic mass is 9.45. The first-order valence-electron chi connectivity index (χ1n) is 9.88. The highest BCUT2D eigenvalue weighted by Crippen LogP contribution is 2.69. The zero-order valence-corrected chi connectivity index (χ0v) is 16.5. The molecule has 0 aromatic carbocycles. The maximum atomic E-state index is 16.8. The number of ether oxygens (including phenoxy) is 1. The van der Waals surface area contributed by atoms with E-state index in [0.717, 1.165) is 17.6 Å². The number of aliphatic hydroxyl groups is 2. The number of aliphatic hydroxyl groups excluding tert-OH is 2. The van der Waals surface area contributed by atoms with E-state index in [0.29, 0.717) is 12.8 Å². The summed E-state index contributed by atoms with van der Waals surface area (Å²) in [5.74, 6) is -0.447. The van der Waals surface area contributed by atoms with Crippen LogP contribution in [-0.4, -0.2) is 34.9 Å². The van der Waals surface area contributed by atoms with Gasteiger partial charge in [-0.1, -0.05) is 25.5 Å². The fraction of sp³-hybridized carbons (Fsp3) is 0.682. The van der Waals surface area contributed by atoms with Crippen LogP contribution in [0.1, 0.15) is 46.5 Å². The van der Waals surface area contributed by atoms with Gasteiger partial charge in [-0.15, -0.1) is 0 Å². The number of carbonyl (C=O) groups excluding carboxylic acids is 1. The van der Waals surface area contributed by atoms with Crippen LogP contribution in [0.4, 0.5) is 4.39 Å². The van der Waals surface area contributed by atoms with Crippen LogP contribution >= 0.6 is 0 Å². The van der Waals surface area contributed by atoms with E-state index in [4.69, 9.17) is 4.74 Å². The van der Waals surface area contributed by atoms with Crippen LogP contribution in [0.2, 0.25) is 0 Å². The molecule has 4 aliphatic carbocycles. The summed E-state index contributed by atoms with van der Waals surface area (Å²) >= 11 is 0. The van der Waals surface area contributed by atoms with Crippen molar-refractivity contribution < 1.29 is 24.1 Å².